The van der Waals surface area contributed by atoms with Crippen molar-refractivity contribution in [2.45, 2.75) is 32.9 Å². The molecule has 2 aromatic rings. The van der Waals surface area contributed by atoms with E-state index in [4.69, 9.17) is 0 Å². The number of urea groups is 1. The van der Waals surface area contributed by atoms with Crippen LogP contribution >= 0.6 is 24.0 Å². The number of benzene rings is 2. The molecule has 0 saturated carbocycles. The quantitative estimate of drug-likeness (QED) is 0.311. The van der Waals surface area contributed by atoms with Crippen molar-refractivity contribution < 1.29 is 9.18 Å². The molecule has 1 saturated heterocycles. The van der Waals surface area contributed by atoms with Crippen LogP contribution in [0.1, 0.15) is 29.5 Å². The van der Waals surface area contributed by atoms with E-state index in [0.29, 0.717) is 24.6 Å². The maximum Gasteiger partial charge on any atom is 0.321 e. The predicted molar refractivity (Wildman–Crippen MR) is 130 cm³/mol. The third-order valence-corrected chi connectivity index (χ3v) is 4.94. The molecule has 0 unspecified atom stereocenters. The Kier molecular flexibility index (Phi) is 9.35. The summed E-state index contributed by atoms with van der Waals surface area (Å²) in [6, 6.07) is 12.8. The number of aryl methyl sites for hydroxylation is 1. The molecular weight excluding hydrogens is 496 g/mol. The highest BCUT2D eigenvalue weighted by atomic mass is 127. The number of hydrogen-bond donors (Lipinski definition) is 3. The first-order valence-electron chi connectivity index (χ1n) is 9.89. The Balaban J connectivity index is 0.00000320. The van der Waals surface area contributed by atoms with Crippen LogP contribution in [0.3, 0.4) is 0 Å². The van der Waals surface area contributed by atoms with Gasteiger partial charge in [-0.3, -0.25) is 4.99 Å². The summed E-state index contributed by atoms with van der Waals surface area (Å²) >= 11 is 0. The zero-order valence-corrected chi connectivity index (χ0v) is 19.7. The summed E-state index contributed by atoms with van der Waals surface area (Å²) < 4.78 is 13.4. The van der Waals surface area contributed by atoms with E-state index >= 15 is 0 Å². The Morgan fingerprint density at radius 1 is 1.07 bits per heavy atom. The van der Waals surface area contributed by atoms with Gasteiger partial charge >= 0.3 is 6.03 Å². The van der Waals surface area contributed by atoms with E-state index in [-0.39, 0.29) is 35.8 Å². The number of anilines is 1. The number of nitrogens with one attached hydrogen (secondary N) is 3. The van der Waals surface area contributed by atoms with Crippen LogP contribution < -0.4 is 16.0 Å². The number of guanidine groups is 1. The predicted octanol–water partition coefficient (Wildman–Crippen LogP) is 4.25. The number of likely N-dealkylation sites (tertiary alicyclic amines) is 1. The molecule has 1 aliphatic rings. The van der Waals surface area contributed by atoms with Gasteiger partial charge < -0.3 is 20.9 Å². The van der Waals surface area contributed by atoms with E-state index in [1.807, 2.05) is 35.2 Å². The van der Waals surface area contributed by atoms with Gasteiger partial charge in [0.25, 0.3) is 0 Å². The fraction of sp³-hybridized carbons (Fsp3) is 0.364. The Labute approximate surface area is 194 Å². The highest BCUT2D eigenvalue weighted by molar-refractivity contribution is 14.0. The summed E-state index contributed by atoms with van der Waals surface area (Å²) in [6.07, 6.45) is 2.14. The van der Waals surface area contributed by atoms with Gasteiger partial charge in [-0.1, -0.05) is 24.3 Å². The van der Waals surface area contributed by atoms with Crippen LogP contribution in [0.5, 0.6) is 0 Å². The van der Waals surface area contributed by atoms with Gasteiger partial charge in [-0.05, 0) is 54.7 Å². The Hall–Kier alpha value is -2.36. The first-order chi connectivity index (χ1) is 14.0. The second-order valence-corrected chi connectivity index (χ2v) is 7.19. The van der Waals surface area contributed by atoms with Crippen LogP contribution in [-0.4, -0.2) is 37.0 Å². The molecule has 0 aliphatic carbocycles. The molecule has 162 valence electrons. The molecule has 1 fully saturated rings. The molecule has 0 bridgehead atoms. The fourth-order valence-corrected chi connectivity index (χ4v) is 3.29. The number of carbonyl (C=O) groups excluding carboxylic acids is 1. The Morgan fingerprint density at radius 3 is 2.37 bits per heavy atom. The number of amides is 2. The second-order valence-electron chi connectivity index (χ2n) is 7.19. The molecule has 3 rings (SSSR count). The van der Waals surface area contributed by atoms with Crippen molar-refractivity contribution in [1.29, 1.82) is 0 Å². The van der Waals surface area contributed by atoms with Crippen LogP contribution in [-0.2, 0) is 13.1 Å². The van der Waals surface area contributed by atoms with Gasteiger partial charge in [0.15, 0.2) is 5.96 Å². The zero-order valence-electron chi connectivity index (χ0n) is 17.4. The number of aliphatic imine (C=N–C) groups is 1. The normalized spacial score (nSPS) is 13.6. The van der Waals surface area contributed by atoms with Gasteiger partial charge in [0, 0.05) is 38.9 Å². The fourth-order valence-electron chi connectivity index (χ4n) is 3.29. The van der Waals surface area contributed by atoms with E-state index in [1.165, 1.54) is 6.07 Å². The number of hydrogen-bond acceptors (Lipinski definition) is 2. The van der Waals surface area contributed by atoms with Crippen molar-refractivity contribution in [2.24, 2.45) is 4.99 Å². The molecule has 0 atom stereocenters. The second kappa shape index (κ2) is 11.7. The minimum atomic E-state index is -0.201. The average molecular weight is 525 g/mol. The average Bonchev–Trinajstić information content (AvgIpc) is 3.26. The molecule has 3 N–H and O–H groups in total. The molecule has 30 heavy (non-hydrogen) atoms. The molecule has 8 heteroatoms. The summed E-state index contributed by atoms with van der Waals surface area (Å²) in [7, 11) is 1.71. The van der Waals surface area contributed by atoms with E-state index in [1.54, 1.807) is 20.0 Å². The zero-order chi connectivity index (χ0) is 20.6. The van der Waals surface area contributed by atoms with Crippen LogP contribution in [0.25, 0.3) is 0 Å². The van der Waals surface area contributed by atoms with Crippen LogP contribution in [0.4, 0.5) is 14.9 Å². The summed E-state index contributed by atoms with van der Waals surface area (Å²) in [6.45, 7) is 4.51. The van der Waals surface area contributed by atoms with Crippen molar-refractivity contribution in [1.82, 2.24) is 15.5 Å². The third kappa shape index (κ3) is 6.86. The Bertz CT molecular complexity index is 884. The van der Waals surface area contributed by atoms with E-state index in [0.717, 1.165) is 42.7 Å². The lowest BCUT2D eigenvalue weighted by atomic mass is 10.1. The topological polar surface area (TPSA) is 68.8 Å². The first-order valence-corrected chi connectivity index (χ1v) is 9.89. The van der Waals surface area contributed by atoms with E-state index in [9.17, 15) is 9.18 Å². The molecule has 2 amide bonds. The highest BCUT2D eigenvalue weighted by Gasteiger charge is 2.17. The minimum absolute atomic E-state index is 0. The summed E-state index contributed by atoms with van der Waals surface area (Å²) in [5.41, 5.74) is 3.43. The molecule has 1 aliphatic heterocycles. The lowest BCUT2D eigenvalue weighted by Crippen LogP contribution is -2.36. The third-order valence-electron chi connectivity index (χ3n) is 4.94. The maximum absolute atomic E-state index is 13.4. The summed E-state index contributed by atoms with van der Waals surface area (Å²) in [5.74, 6) is 0.450. The lowest BCUT2D eigenvalue weighted by Gasteiger charge is -2.17. The Morgan fingerprint density at radius 2 is 1.73 bits per heavy atom. The number of rotatable bonds is 5. The number of halogens is 2. The lowest BCUT2D eigenvalue weighted by molar-refractivity contribution is 0.222. The van der Waals surface area contributed by atoms with Crippen molar-refractivity contribution in [3.8, 4) is 0 Å². The molecule has 6 nitrogen and oxygen atoms in total. The minimum Gasteiger partial charge on any atom is -0.352 e. The number of carbonyl (C=O) groups is 1. The van der Waals surface area contributed by atoms with Gasteiger partial charge in [0.05, 0.1) is 0 Å². The van der Waals surface area contributed by atoms with E-state index < -0.39 is 0 Å². The van der Waals surface area contributed by atoms with E-state index in [2.05, 4.69) is 20.9 Å². The first kappa shape index (κ1) is 23.9. The van der Waals surface area contributed by atoms with Crippen LogP contribution in [0, 0.1) is 12.7 Å². The number of nitrogens with zero attached hydrogens (tertiary/aromatic N) is 2. The SMILES string of the molecule is CN=C(NCc1cccc(NC(=O)N2CCCC2)c1)NCc1ccc(F)c(C)c1.I. The standard InChI is InChI=1S/C22H28FN5O.HI/c1-16-12-18(8-9-20(16)23)15-26-21(24-2)25-14-17-6-5-7-19(13-17)27-22(29)28-10-3-4-11-28;/h5-9,12-13H,3-4,10-11,14-15H2,1-2H3,(H,27,29)(H2,24,25,26);1H. The van der Waals surface area contributed by atoms with Gasteiger partial charge in [-0.15, -0.1) is 24.0 Å². The van der Waals surface area contributed by atoms with Gasteiger partial charge in [-0.25, -0.2) is 9.18 Å². The van der Waals surface area contributed by atoms with Crippen molar-refractivity contribution in [2.75, 3.05) is 25.5 Å². The van der Waals surface area contributed by atoms with Crippen molar-refractivity contribution >= 4 is 41.7 Å². The van der Waals surface area contributed by atoms with Crippen molar-refractivity contribution in [3.05, 3.63) is 65.0 Å². The van der Waals surface area contributed by atoms with Crippen LogP contribution in [0.2, 0.25) is 0 Å². The van der Waals surface area contributed by atoms with Crippen LogP contribution in [0.15, 0.2) is 47.5 Å². The monoisotopic (exact) mass is 525 g/mol. The molecule has 0 radical (unpaired) electrons. The molecule has 0 spiro atoms. The van der Waals surface area contributed by atoms with Gasteiger partial charge in [-0.2, -0.15) is 0 Å². The van der Waals surface area contributed by atoms with Crippen molar-refractivity contribution in [3.63, 3.8) is 0 Å². The molecular formula is C22H29FIN5O. The molecule has 2 aromatic carbocycles. The molecule has 0 aromatic heterocycles. The summed E-state index contributed by atoms with van der Waals surface area (Å²) in [4.78, 5) is 18.3. The van der Waals surface area contributed by atoms with Gasteiger partial charge in [0.1, 0.15) is 5.82 Å². The highest BCUT2D eigenvalue weighted by Crippen LogP contribution is 2.14. The smallest absolute Gasteiger partial charge is 0.321 e. The largest absolute Gasteiger partial charge is 0.352 e. The van der Waals surface area contributed by atoms with Gasteiger partial charge in [0.2, 0.25) is 0 Å². The summed E-state index contributed by atoms with van der Waals surface area (Å²) in [5, 5.41) is 9.45. The maximum atomic E-state index is 13.4. The molecule has 1 heterocycles.